The van der Waals surface area contributed by atoms with Gasteiger partial charge in [0.1, 0.15) is 6.61 Å². The maximum Gasteiger partial charge on any atom is 0.306 e. The van der Waals surface area contributed by atoms with Crippen LogP contribution < -0.4 is 0 Å². The first-order valence-corrected chi connectivity index (χ1v) is 24.5. The van der Waals surface area contributed by atoms with E-state index in [0.717, 1.165) is 64.2 Å². The molecule has 0 rings (SSSR count). The average molecular weight is 809 g/mol. The predicted octanol–water partition coefficient (Wildman–Crippen LogP) is 16.3. The predicted molar refractivity (Wildman–Crippen MR) is 251 cm³/mol. The topological polar surface area (TPSA) is 61.8 Å². The molecule has 0 saturated heterocycles. The van der Waals surface area contributed by atoms with Crippen LogP contribution >= 0.6 is 0 Å². The largest absolute Gasteiger partial charge is 0.462 e. The second-order valence-corrected chi connectivity index (χ2v) is 16.0. The summed E-state index contributed by atoms with van der Waals surface area (Å²) in [5.74, 6) is -0.503. The normalized spacial score (nSPS) is 12.8. The molecule has 0 amide bonds. The zero-order chi connectivity index (χ0) is 42.1. The van der Waals surface area contributed by atoms with Crippen LogP contribution in [0.15, 0.2) is 72.9 Å². The molecule has 5 heteroatoms. The Balaban J connectivity index is 4.37. The summed E-state index contributed by atoms with van der Waals surface area (Å²) >= 11 is 0. The summed E-state index contributed by atoms with van der Waals surface area (Å²) in [6.07, 6.45) is 62.0. The Morgan fingerprint density at radius 3 is 1.33 bits per heavy atom. The molecule has 0 aromatic carbocycles. The first kappa shape index (κ1) is 55.3. The first-order chi connectivity index (χ1) is 28.6. The highest BCUT2D eigenvalue weighted by molar-refractivity contribution is 5.70. The highest BCUT2D eigenvalue weighted by atomic mass is 16.6. The van der Waals surface area contributed by atoms with Crippen LogP contribution in [-0.4, -0.2) is 37.9 Å². The van der Waals surface area contributed by atoms with E-state index in [4.69, 9.17) is 14.2 Å². The summed E-state index contributed by atoms with van der Waals surface area (Å²) in [7, 11) is 0. The monoisotopic (exact) mass is 809 g/mol. The molecule has 1 unspecified atom stereocenters. The summed E-state index contributed by atoms with van der Waals surface area (Å²) < 4.78 is 17.3. The van der Waals surface area contributed by atoms with Crippen LogP contribution in [0.25, 0.3) is 0 Å². The third kappa shape index (κ3) is 46.0. The molecule has 0 bridgehead atoms. The van der Waals surface area contributed by atoms with E-state index in [1.807, 2.05) is 6.08 Å². The zero-order valence-corrected chi connectivity index (χ0v) is 38.3. The fourth-order valence-corrected chi connectivity index (χ4v) is 6.57. The molecule has 58 heavy (non-hydrogen) atoms. The number of hydrogen-bond acceptors (Lipinski definition) is 5. The van der Waals surface area contributed by atoms with Gasteiger partial charge in [-0.05, 0) is 96.3 Å². The van der Waals surface area contributed by atoms with E-state index in [1.165, 1.54) is 122 Å². The van der Waals surface area contributed by atoms with Crippen LogP contribution in [-0.2, 0) is 23.8 Å². The molecule has 0 spiro atoms. The molecule has 0 aliphatic heterocycles. The van der Waals surface area contributed by atoms with E-state index in [0.29, 0.717) is 25.9 Å². The van der Waals surface area contributed by atoms with Gasteiger partial charge in [0.2, 0.25) is 0 Å². The van der Waals surface area contributed by atoms with E-state index in [9.17, 15) is 9.59 Å². The van der Waals surface area contributed by atoms with Crippen molar-refractivity contribution in [1.29, 1.82) is 0 Å². The third-order valence-electron chi connectivity index (χ3n) is 10.2. The van der Waals surface area contributed by atoms with Crippen molar-refractivity contribution in [3.05, 3.63) is 72.9 Å². The lowest BCUT2D eigenvalue weighted by atomic mass is 10.1. The minimum absolute atomic E-state index is 0.0484. The van der Waals surface area contributed by atoms with Gasteiger partial charge in [-0.2, -0.15) is 0 Å². The van der Waals surface area contributed by atoms with Crippen molar-refractivity contribution < 1.29 is 23.8 Å². The number of carbonyl (C=O) groups excluding carboxylic acids is 2. The zero-order valence-electron chi connectivity index (χ0n) is 38.3. The number of hydrogen-bond donors (Lipinski definition) is 0. The van der Waals surface area contributed by atoms with Crippen LogP contribution in [0.5, 0.6) is 0 Å². The van der Waals surface area contributed by atoms with Gasteiger partial charge in [0.25, 0.3) is 0 Å². The molecule has 5 nitrogen and oxygen atoms in total. The van der Waals surface area contributed by atoms with Gasteiger partial charge >= 0.3 is 11.9 Å². The Kier molecular flexibility index (Phi) is 46.5. The minimum atomic E-state index is -0.581. The molecule has 334 valence electrons. The number of unbranched alkanes of at least 4 members (excludes halogenated alkanes) is 21. The summed E-state index contributed by atoms with van der Waals surface area (Å²) in [6, 6.07) is 0. The van der Waals surface area contributed by atoms with Gasteiger partial charge in [-0.3, -0.25) is 9.59 Å². The molecule has 0 fully saturated rings. The lowest BCUT2D eigenvalue weighted by Crippen LogP contribution is -2.30. The average Bonchev–Trinajstić information content (AvgIpc) is 3.22. The van der Waals surface area contributed by atoms with Crippen LogP contribution in [0.4, 0.5) is 0 Å². The molecule has 1 atom stereocenters. The summed E-state index contributed by atoms with van der Waals surface area (Å²) in [5, 5.41) is 0. The van der Waals surface area contributed by atoms with Crippen molar-refractivity contribution in [3.63, 3.8) is 0 Å². The molecule has 0 saturated carbocycles. The van der Waals surface area contributed by atoms with Crippen molar-refractivity contribution in [3.8, 4) is 0 Å². The molecule has 0 radical (unpaired) electrons. The van der Waals surface area contributed by atoms with Gasteiger partial charge in [0.15, 0.2) is 6.10 Å². The van der Waals surface area contributed by atoms with Gasteiger partial charge < -0.3 is 14.2 Å². The van der Waals surface area contributed by atoms with E-state index in [2.05, 4.69) is 87.6 Å². The molecule has 0 aromatic heterocycles. The van der Waals surface area contributed by atoms with E-state index in [-0.39, 0.29) is 25.2 Å². The SMILES string of the molecule is CC/C=C\C/C=C\C/C=C\C/C=C\CCC(=O)OC(COCCCCCCCC/C=C\CCCCCC)COC(=O)CCCCCCC/C=C\CCCCCCCC. The van der Waals surface area contributed by atoms with E-state index >= 15 is 0 Å². The number of carbonyl (C=O) groups is 2. The molecule has 0 N–H and O–H groups in total. The second kappa shape index (κ2) is 48.7. The molecular weight excluding hydrogens is 717 g/mol. The van der Waals surface area contributed by atoms with Crippen LogP contribution in [0.2, 0.25) is 0 Å². The Morgan fingerprint density at radius 1 is 0.397 bits per heavy atom. The highest BCUT2D eigenvalue weighted by Gasteiger charge is 2.17. The summed E-state index contributed by atoms with van der Waals surface area (Å²) in [4.78, 5) is 25.3. The van der Waals surface area contributed by atoms with Crippen molar-refractivity contribution in [2.75, 3.05) is 19.8 Å². The summed E-state index contributed by atoms with van der Waals surface area (Å²) in [5.41, 5.74) is 0. The lowest BCUT2D eigenvalue weighted by Gasteiger charge is -2.18. The van der Waals surface area contributed by atoms with Crippen LogP contribution in [0, 0.1) is 0 Å². The fourth-order valence-electron chi connectivity index (χ4n) is 6.57. The summed E-state index contributed by atoms with van der Waals surface area (Å²) in [6.45, 7) is 7.60. The second-order valence-electron chi connectivity index (χ2n) is 16.0. The van der Waals surface area contributed by atoms with Crippen molar-refractivity contribution in [2.45, 2.75) is 232 Å². The lowest BCUT2D eigenvalue weighted by molar-refractivity contribution is -0.162. The number of ether oxygens (including phenoxy) is 3. The van der Waals surface area contributed by atoms with Gasteiger partial charge in [-0.25, -0.2) is 0 Å². The van der Waals surface area contributed by atoms with Gasteiger partial charge in [0.05, 0.1) is 6.61 Å². The van der Waals surface area contributed by atoms with Crippen molar-refractivity contribution in [1.82, 2.24) is 0 Å². The third-order valence-corrected chi connectivity index (χ3v) is 10.2. The molecule has 0 heterocycles. The standard InChI is InChI=1S/C53H92O5/c1-4-7-10-13-16-19-22-25-27-29-31-34-37-40-43-46-52(54)57-50-51(49-56-48-45-42-39-36-33-30-26-23-20-17-14-11-8-5-2)58-53(55)47-44-41-38-35-32-28-24-21-18-15-12-9-6-3/h9,12,18,20-21,23,25,27-28,32,38,41,51H,4-8,10-11,13-17,19,22,24,26,29-31,33-37,39-40,42-50H2,1-3H3/b12-9-,21-18-,23-20-,27-25-,32-28-,41-38-. The Bertz CT molecular complexity index is 1050. The maximum atomic E-state index is 12.7. The maximum absolute atomic E-state index is 12.7. The van der Waals surface area contributed by atoms with Gasteiger partial charge in [-0.1, -0.05) is 190 Å². The fraction of sp³-hybridized carbons (Fsp3) is 0.736. The van der Waals surface area contributed by atoms with Crippen LogP contribution in [0.3, 0.4) is 0 Å². The Hall–Kier alpha value is -2.66. The molecule has 0 aromatic rings. The first-order valence-electron chi connectivity index (χ1n) is 24.5. The minimum Gasteiger partial charge on any atom is -0.462 e. The van der Waals surface area contributed by atoms with Gasteiger partial charge in [-0.15, -0.1) is 0 Å². The number of esters is 2. The van der Waals surface area contributed by atoms with Crippen LogP contribution in [0.1, 0.15) is 226 Å². The highest BCUT2D eigenvalue weighted by Crippen LogP contribution is 2.12. The smallest absolute Gasteiger partial charge is 0.306 e. The van der Waals surface area contributed by atoms with Crippen molar-refractivity contribution >= 4 is 11.9 Å². The van der Waals surface area contributed by atoms with Gasteiger partial charge in [0, 0.05) is 19.4 Å². The van der Waals surface area contributed by atoms with E-state index in [1.54, 1.807) is 0 Å². The molecule has 0 aliphatic rings. The van der Waals surface area contributed by atoms with E-state index < -0.39 is 6.10 Å². The van der Waals surface area contributed by atoms with Crippen molar-refractivity contribution in [2.24, 2.45) is 0 Å². The number of rotatable bonds is 44. The molecule has 0 aliphatic carbocycles. The molecular formula is C53H92O5. The Morgan fingerprint density at radius 2 is 0.810 bits per heavy atom. The number of allylic oxidation sites excluding steroid dienone is 12. The quantitative estimate of drug-likeness (QED) is 0.0348. The Labute approximate surface area is 359 Å².